The van der Waals surface area contributed by atoms with Crippen LogP contribution in [-0.4, -0.2) is 25.1 Å². The number of methoxy groups -OCH3 is 2. The first kappa shape index (κ1) is 12.2. The van der Waals surface area contributed by atoms with Gasteiger partial charge in [-0.3, -0.25) is 4.79 Å². The lowest BCUT2D eigenvalue weighted by molar-refractivity contribution is 0.101. The van der Waals surface area contributed by atoms with E-state index >= 15 is 0 Å². The highest BCUT2D eigenvalue weighted by Crippen LogP contribution is 2.44. The summed E-state index contributed by atoms with van der Waals surface area (Å²) in [5, 5.41) is 9.85. The smallest absolute Gasteiger partial charge is 0.173 e. The highest BCUT2D eigenvalue weighted by atomic mass is 16.5. The van der Waals surface area contributed by atoms with E-state index in [-0.39, 0.29) is 28.5 Å². The van der Waals surface area contributed by atoms with Crippen LogP contribution in [0, 0.1) is 6.92 Å². The number of phenolic OH excluding ortho intramolecular Hbond substituents is 1. The molecule has 0 saturated heterocycles. The Bertz CT molecular complexity index is 440. The van der Waals surface area contributed by atoms with Gasteiger partial charge in [0.15, 0.2) is 17.3 Å². The van der Waals surface area contributed by atoms with Crippen LogP contribution in [0.5, 0.6) is 17.2 Å². The predicted molar refractivity (Wildman–Crippen MR) is 60.4 cm³/mol. The van der Waals surface area contributed by atoms with Crippen molar-refractivity contribution < 1.29 is 19.4 Å². The molecule has 88 valence electrons. The van der Waals surface area contributed by atoms with Crippen LogP contribution in [0.4, 0.5) is 5.69 Å². The molecule has 16 heavy (non-hydrogen) atoms. The minimum Gasteiger partial charge on any atom is -0.504 e. The Morgan fingerprint density at radius 1 is 1.25 bits per heavy atom. The largest absolute Gasteiger partial charge is 0.504 e. The average Bonchev–Trinajstić information content (AvgIpc) is 2.23. The molecule has 0 spiro atoms. The third-order valence-electron chi connectivity index (χ3n) is 2.41. The molecule has 5 nitrogen and oxygen atoms in total. The molecule has 0 saturated carbocycles. The summed E-state index contributed by atoms with van der Waals surface area (Å²) in [4.78, 5) is 11.5. The standard InChI is InChI=1S/C11H15NO4/c1-5-9(14)11(16-4)7(6(2)13)8(12)10(5)15-3/h14H,12H2,1-4H3. The van der Waals surface area contributed by atoms with Crippen molar-refractivity contribution >= 4 is 11.5 Å². The van der Waals surface area contributed by atoms with Crippen LogP contribution in [0.25, 0.3) is 0 Å². The third kappa shape index (κ3) is 1.64. The van der Waals surface area contributed by atoms with E-state index in [2.05, 4.69) is 0 Å². The molecule has 0 unspecified atom stereocenters. The SMILES string of the molecule is COc1c(C)c(O)c(OC)c(C(C)=O)c1N. The molecule has 0 atom stereocenters. The van der Waals surface area contributed by atoms with Gasteiger partial charge in [0.05, 0.1) is 25.5 Å². The predicted octanol–water partition coefficient (Wildman–Crippen LogP) is 1.50. The summed E-state index contributed by atoms with van der Waals surface area (Å²) < 4.78 is 10.0. The van der Waals surface area contributed by atoms with Crippen LogP contribution >= 0.6 is 0 Å². The van der Waals surface area contributed by atoms with Crippen molar-refractivity contribution in [2.45, 2.75) is 13.8 Å². The molecular weight excluding hydrogens is 210 g/mol. The van der Waals surface area contributed by atoms with E-state index in [0.29, 0.717) is 11.3 Å². The van der Waals surface area contributed by atoms with Crippen molar-refractivity contribution in [2.24, 2.45) is 0 Å². The topological polar surface area (TPSA) is 81.8 Å². The maximum absolute atomic E-state index is 11.5. The number of hydrogen-bond donors (Lipinski definition) is 2. The molecule has 5 heteroatoms. The fourth-order valence-electron chi connectivity index (χ4n) is 1.65. The van der Waals surface area contributed by atoms with Gasteiger partial charge in [-0.2, -0.15) is 0 Å². The number of nitrogens with two attached hydrogens (primary N) is 1. The molecule has 1 rings (SSSR count). The minimum atomic E-state index is -0.289. The van der Waals surface area contributed by atoms with E-state index in [0.717, 1.165) is 0 Å². The summed E-state index contributed by atoms with van der Waals surface area (Å²) in [6.07, 6.45) is 0. The highest BCUT2D eigenvalue weighted by molar-refractivity contribution is 6.04. The van der Waals surface area contributed by atoms with Crippen molar-refractivity contribution in [1.82, 2.24) is 0 Å². The van der Waals surface area contributed by atoms with Gasteiger partial charge in [0.2, 0.25) is 0 Å². The highest BCUT2D eigenvalue weighted by Gasteiger charge is 2.23. The van der Waals surface area contributed by atoms with Gasteiger partial charge in [0.25, 0.3) is 0 Å². The lowest BCUT2D eigenvalue weighted by Gasteiger charge is -2.17. The first-order valence-electron chi connectivity index (χ1n) is 4.69. The first-order chi connectivity index (χ1) is 7.45. The third-order valence-corrected chi connectivity index (χ3v) is 2.41. The van der Waals surface area contributed by atoms with E-state index in [1.54, 1.807) is 6.92 Å². The number of benzene rings is 1. The number of hydrogen-bond acceptors (Lipinski definition) is 5. The summed E-state index contributed by atoms with van der Waals surface area (Å²) in [5.41, 5.74) is 6.57. The zero-order valence-corrected chi connectivity index (χ0v) is 9.75. The number of rotatable bonds is 3. The Kier molecular flexibility index (Phi) is 3.27. The van der Waals surface area contributed by atoms with E-state index in [9.17, 15) is 9.90 Å². The first-order valence-corrected chi connectivity index (χ1v) is 4.69. The number of carbonyl (C=O) groups is 1. The second kappa shape index (κ2) is 4.30. The molecular formula is C11H15NO4. The van der Waals surface area contributed by atoms with Crippen molar-refractivity contribution in [3.63, 3.8) is 0 Å². The zero-order chi connectivity index (χ0) is 12.5. The maximum atomic E-state index is 11.5. The quantitative estimate of drug-likeness (QED) is 0.463. The molecule has 1 aromatic carbocycles. The van der Waals surface area contributed by atoms with Crippen LogP contribution in [0.3, 0.4) is 0 Å². The lowest BCUT2D eigenvalue weighted by Crippen LogP contribution is -2.07. The summed E-state index contributed by atoms with van der Waals surface area (Å²) in [5.74, 6) is -0.0338. The summed E-state index contributed by atoms with van der Waals surface area (Å²) in [6.45, 7) is 2.99. The Hall–Kier alpha value is -1.91. The van der Waals surface area contributed by atoms with E-state index < -0.39 is 0 Å². The average molecular weight is 225 g/mol. The van der Waals surface area contributed by atoms with Crippen LogP contribution in [0.2, 0.25) is 0 Å². The van der Waals surface area contributed by atoms with Crippen molar-refractivity contribution in [3.05, 3.63) is 11.1 Å². The van der Waals surface area contributed by atoms with E-state index in [1.807, 2.05) is 0 Å². The molecule has 0 aliphatic carbocycles. The maximum Gasteiger partial charge on any atom is 0.173 e. The van der Waals surface area contributed by atoms with Crippen molar-refractivity contribution in [1.29, 1.82) is 0 Å². The number of carbonyl (C=O) groups excluding carboxylic acids is 1. The second-order valence-corrected chi connectivity index (χ2v) is 3.38. The van der Waals surface area contributed by atoms with E-state index in [1.165, 1.54) is 21.1 Å². The number of anilines is 1. The Morgan fingerprint density at radius 3 is 2.12 bits per heavy atom. The molecule has 0 aliphatic rings. The molecule has 0 fully saturated rings. The number of Topliss-reactive ketones (excluding diaryl/α,β-unsaturated/α-hetero) is 1. The van der Waals surface area contributed by atoms with E-state index in [4.69, 9.17) is 15.2 Å². The lowest BCUT2D eigenvalue weighted by atomic mass is 10.0. The fraction of sp³-hybridized carbons (Fsp3) is 0.364. The zero-order valence-electron chi connectivity index (χ0n) is 9.75. The molecule has 1 aromatic rings. The molecule has 3 N–H and O–H groups in total. The van der Waals surface area contributed by atoms with Crippen LogP contribution in [0.15, 0.2) is 0 Å². The Labute approximate surface area is 93.8 Å². The normalized spacial score (nSPS) is 10.0. The summed E-state index contributed by atoms with van der Waals surface area (Å²) >= 11 is 0. The summed E-state index contributed by atoms with van der Waals surface area (Å²) in [7, 11) is 2.79. The Balaban J connectivity index is 3.71. The van der Waals surface area contributed by atoms with Crippen LogP contribution in [0.1, 0.15) is 22.8 Å². The summed E-state index contributed by atoms with van der Waals surface area (Å²) in [6, 6.07) is 0. The molecule has 0 aromatic heterocycles. The second-order valence-electron chi connectivity index (χ2n) is 3.38. The number of nitrogen functional groups attached to an aromatic ring is 1. The van der Waals surface area contributed by atoms with Crippen LogP contribution in [-0.2, 0) is 0 Å². The molecule has 0 bridgehead atoms. The monoisotopic (exact) mass is 225 g/mol. The van der Waals surface area contributed by atoms with Gasteiger partial charge in [-0.15, -0.1) is 0 Å². The van der Waals surface area contributed by atoms with Gasteiger partial charge in [0, 0.05) is 5.56 Å². The fourth-order valence-corrected chi connectivity index (χ4v) is 1.65. The van der Waals surface area contributed by atoms with Crippen molar-refractivity contribution in [3.8, 4) is 17.2 Å². The molecule has 0 amide bonds. The van der Waals surface area contributed by atoms with Gasteiger partial charge in [0.1, 0.15) is 5.75 Å². The van der Waals surface area contributed by atoms with Crippen LogP contribution < -0.4 is 15.2 Å². The Morgan fingerprint density at radius 2 is 1.75 bits per heavy atom. The number of aromatic hydroxyl groups is 1. The van der Waals surface area contributed by atoms with Gasteiger partial charge < -0.3 is 20.3 Å². The number of ketones is 1. The van der Waals surface area contributed by atoms with Gasteiger partial charge in [-0.1, -0.05) is 0 Å². The van der Waals surface area contributed by atoms with Gasteiger partial charge in [-0.25, -0.2) is 0 Å². The molecule has 0 radical (unpaired) electrons. The van der Waals surface area contributed by atoms with Gasteiger partial charge in [-0.05, 0) is 13.8 Å². The molecule has 0 aliphatic heterocycles. The van der Waals surface area contributed by atoms with Gasteiger partial charge >= 0.3 is 0 Å². The number of phenols is 1. The number of ether oxygens (including phenoxy) is 2. The minimum absolute atomic E-state index is 0.0864. The molecule has 0 heterocycles. The van der Waals surface area contributed by atoms with Crippen molar-refractivity contribution in [2.75, 3.05) is 20.0 Å².